The van der Waals surface area contributed by atoms with Crippen LogP contribution < -0.4 is 5.62 Å². The molecule has 3 rings (SSSR count). The molecule has 0 spiro atoms. The Labute approximate surface area is 128 Å². The van der Waals surface area contributed by atoms with Crippen LogP contribution in [0, 0.1) is 5.41 Å². The lowest BCUT2D eigenvalue weighted by Crippen LogP contribution is -2.23. The van der Waals surface area contributed by atoms with E-state index >= 15 is 0 Å². The molecule has 3 aromatic rings. The normalized spacial score (nSPS) is 11.2. The number of benzene rings is 1. The van der Waals surface area contributed by atoms with Gasteiger partial charge in [0.05, 0.1) is 12.7 Å². The van der Waals surface area contributed by atoms with Gasteiger partial charge in [-0.15, -0.1) is 0 Å². The van der Waals surface area contributed by atoms with Gasteiger partial charge in [0, 0.05) is 11.5 Å². The maximum atomic E-state index is 8.19. The standard InChI is InChI=1S/C13H11BrClN5/c1-19-10-6-17-12(15)18-11(10)20(13(19)16)7-8-2-4-9(14)5-3-8/h2-6,16H,7H2,1H3. The average molecular weight is 353 g/mol. The van der Waals surface area contributed by atoms with E-state index in [9.17, 15) is 0 Å². The number of hydrogen-bond acceptors (Lipinski definition) is 3. The van der Waals surface area contributed by atoms with Crippen molar-refractivity contribution in [2.45, 2.75) is 6.54 Å². The molecule has 1 N–H and O–H groups in total. The first-order chi connectivity index (χ1) is 9.56. The number of aryl methyl sites for hydroxylation is 1. The first-order valence-corrected chi connectivity index (χ1v) is 7.10. The van der Waals surface area contributed by atoms with Crippen molar-refractivity contribution in [1.29, 1.82) is 5.41 Å². The van der Waals surface area contributed by atoms with Crippen LogP contribution in [-0.4, -0.2) is 19.1 Å². The fourth-order valence-electron chi connectivity index (χ4n) is 2.10. The Hall–Kier alpha value is -1.66. The molecule has 0 atom stereocenters. The highest BCUT2D eigenvalue weighted by atomic mass is 79.9. The van der Waals surface area contributed by atoms with Gasteiger partial charge in [0.1, 0.15) is 5.52 Å². The number of hydrogen-bond donors (Lipinski definition) is 1. The van der Waals surface area contributed by atoms with Gasteiger partial charge >= 0.3 is 0 Å². The van der Waals surface area contributed by atoms with E-state index in [1.165, 1.54) is 0 Å². The lowest BCUT2D eigenvalue weighted by Gasteiger charge is -2.04. The summed E-state index contributed by atoms with van der Waals surface area (Å²) < 4.78 is 4.58. The van der Waals surface area contributed by atoms with Crippen molar-refractivity contribution in [1.82, 2.24) is 19.1 Å². The number of imidazole rings is 1. The zero-order valence-corrected chi connectivity index (χ0v) is 13.0. The van der Waals surface area contributed by atoms with E-state index < -0.39 is 0 Å². The summed E-state index contributed by atoms with van der Waals surface area (Å²) in [6.07, 6.45) is 1.64. The molecule has 0 amide bonds. The molecule has 102 valence electrons. The summed E-state index contributed by atoms with van der Waals surface area (Å²) >= 11 is 9.28. The van der Waals surface area contributed by atoms with Crippen LogP contribution in [0.3, 0.4) is 0 Å². The monoisotopic (exact) mass is 351 g/mol. The minimum absolute atomic E-state index is 0.188. The quantitative estimate of drug-likeness (QED) is 0.721. The number of aromatic nitrogens is 4. The summed E-state index contributed by atoms with van der Waals surface area (Å²) in [5.41, 5.74) is 2.91. The second kappa shape index (κ2) is 5.03. The lowest BCUT2D eigenvalue weighted by molar-refractivity contribution is 0.691. The highest BCUT2D eigenvalue weighted by molar-refractivity contribution is 9.10. The Morgan fingerprint density at radius 1 is 1.30 bits per heavy atom. The van der Waals surface area contributed by atoms with Crippen molar-refractivity contribution < 1.29 is 0 Å². The van der Waals surface area contributed by atoms with Crippen LogP contribution in [0.4, 0.5) is 0 Å². The van der Waals surface area contributed by atoms with Gasteiger partial charge in [-0.05, 0) is 29.3 Å². The van der Waals surface area contributed by atoms with Crippen LogP contribution in [-0.2, 0) is 13.6 Å². The molecule has 0 bridgehead atoms. The minimum atomic E-state index is 0.188. The summed E-state index contributed by atoms with van der Waals surface area (Å²) in [7, 11) is 1.82. The third kappa shape index (κ3) is 2.25. The minimum Gasteiger partial charge on any atom is -0.311 e. The van der Waals surface area contributed by atoms with Gasteiger partial charge in [0.2, 0.25) is 10.9 Å². The number of halogens is 2. The second-order valence-electron chi connectivity index (χ2n) is 4.44. The van der Waals surface area contributed by atoms with Crippen LogP contribution in [0.1, 0.15) is 5.56 Å². The fourth-order valence-corrected chi connectivity index (χ4v) is 2.49. The third-order valence-corrected chi connectivity index (χ3v) is 3.88. The predicted octanol–water partition coefficient (Wildman–Crippen LogP) is 2.71. The van der Waals surface area contributed by atoms with Crippen LogP contribution in [0.15, 0.2) is 34.9 Å². The molecule has 5 nitrogen and oxygen atoms in total. The molecule has 0 aliphatic rings. The van der Waals surface area contributed by atoms with Gasteiger partial charge in [-0.3, -0.25) is 9.98 Å². The number of fused-ring (bicyclic) bond motifs is 1. The molecule has 0 saturated heterocycles. The molecule has 2 aromatic heterocycles. The maximum Gasteiger partial charge on any atom is 0.224 e. The van der Waals surface area contributed by atoms with Gasteiger partial charge in [0.25, 0.3) is 0 Å². The van der Waals surface area contributed by atoms with Gasteiger partial charge < -0.3 is 4.57 Å². The smallest absolute Gasteiger partial charge is 0.224 e. The van der Waals surface area contributed by atoms with Crippen molar-refractivity contribution in [3.05, 3.63) is 51.4 Å². The fraction of sp³-hybridized carbons (Fsp3) is 0.154. The molecular weight excluding hydrogens is 342 g/mol. The van der Waals surface area contributed by atoms with Crippen LogP contribution in [0.2, 0.25) is 5.28 Å². The second-order valence-corrected chi connectivity index (χ2v) is 5.70. The summed E-state index contributed by atoms with van der Waals surface area (Å²) in [5, 5.41) is 8.38. The molecule has 0 radical (unpaired) electrons. The van der Waals surface area contributed by atoms with Crippen LogP contribution in [0.5, 0.6) is 0 Å². The summed E-state index contributed by atoms with van der Waals surface area (Å²) in [4.78, 5) is 8.21. The van der Waals surface area contributed by atoms with Gasteiger partial charge in [-0.2, -0.15) is 4.98 Å². The van der Waals surface area contributed by atoms with Gasteiger partial charge in [0.15, 0.2) is 5.65 Å². The maximum absolute atomic E-state index is 8.19. The van der Waals surface area contributed by atoms with Gasteiger partial charge in [-0.25, -0.2) is 4.98 Å². The molecule has 1 aromatic carbocycles. The summed E-state index contributed by atoms with van der Waals surface area (Å²) in [6.45, 7) is 0.566. The Kier molecular flexibility index (Phi) is 3.35. The van der Waals surface area contributed by atoms with Crippen molar-refractivity contribution in [2.75, 3.05) is 0 Å². The van der Waals surface area contributed by atoms with Crippen molar-refractivity contribution in [3.63, 3.8) is 0 Å². The highest BCUT2D eigenvalue weighted by Crippen LogP contribution is 2.15. The van der Waals surface area contributed by atoms with E-state index in [1.54, 1.807) is 10.8 Å². The molecule has 7 heteroatoms. The largest absolute Gasteiger partial charge is 0.311 e. The average Bonchev–Trinajstić information content (AvgIpc) is 2.66. The molecular formula is C13H11BrClN5. The Bertz CT molecular complexity index is 834. The zero-order valence-electron chi connectivity index (χ0n) is 10.6. The molecule has 0 unspecified atom stereocenters. The number of nitrogens with zero attached hydrogens (tertiary/aromatic N) is 4. The van der Waals surface area contributed by atoms with Gasteiger partial charge in [-0.1, -0.05) is 28.1 Å². The Balaban J connectivity index is 2.15. The first-order valence-electron chi connectivity index (χ1n) is 5.93. The van der Waals surface area contributed by atoms with Crippen LogP contribution >= 0.6 is 27.5 Å². The SMILES string of the molecule is Cn1c(=N)n(Cc2ccc(Br)cc2)c2nc(Cl)ncc21. The zero-order chi connectivity index (χ0) is 14.3. The molecule has 20 heavy (non-hydrogen) atoms. The molecule has 2 heterocycles. The van der Waals surface area contributed by atoms with Crippen LogP contribution in [0.25, 0.3) is 11.2 Å². The summed E-state index contributed by atoms with van der Waals surface area (Å²) in [6, 6.07) is 7.98. The van der Waals surface area contributed by atoms with E-state index in [-0.39, 0.29) is 5.28 Å². The molecule has 0 aliphatic heterocycles. The molecule has 0 aliphatic carbocycles. The highest BCUT2D eigenvalue weighted by Gasteiger charge is 2.11. The Morgan fingerprint density at radius 3 is 2.70 bits per heavy atom. The third-order valence-electron chi connectivity index (χ3n) is 3.16. The first kappa shape index (κ1) is 13.3. The van der Waals surface area contributed by atoms with E-state index in [1.807, 2.05) is 35.9 Å². The van der Waals surface area contributed by atoms with Crippen molar-refractivity contribution in [3.8, 4) is 0 Å². The molecule has 0 fully saturated rings. The number of rotatable bonds is 2. The lowest BCUT2D eigenvalue weighted by atomic mass is 10.2. The summed E-state index contributed by atoms with van der Waals surface area (Å²) in [5.74, 6) is 0. The van der Waals surface area contributed by atoms with Crippen molar-refractivity contribution >= 4 is 38.7 Å². The van der Waals surface area contributed by atoms with E-state index in [0.29, 0.717) is 17.8 Å². The number of nitrogens with one attached hydrogen (secondary N) is 1. The topological polar surface area (TPSA) is 59.5 Å². The van der Waals surface area contributed by atoms with E-state index in [2.05, 4.69) is 25.9 Å². The van der Waals surface area contributed by atoms with Crippen molar-refractivity contribution in [2.24, 2.45) is 7.05 Å². The molecule has 0 saturated carbocycles. The van der Waals surface area contributed by atoms with E-state index in [0.717, 1.165) is 15.6 Å². The predicted molar refractivity (Wildman–Crippen MR) is 80.6 cm³/mol. The Morgan fingerprint density at radius 2 is 2.00 bits per heavy atom. The van der Waals surface area contributed by atoms with E-state index in [4.69, 9.17) is 17.0 Å².